The lowest BCUT2D eigenvalue weighted by atomic mass is 10.1. The molecule has 2 aromatic carbocycles. The number of hydrogen-bond donors (Lipinski definition) is 0. The summed E-state index contributed by atoms with van der Waals surface area (Å²) in [6, 6.07) is 15.6. The number of halogens is 1. The van der Waals surface area contributed by atoms with Gasteiger partial charge in [-0.1, -0.05) is 18.2 Å². The molecule has 0 bridgehead atoms. The fourth-order valence-electron chi connectivity index (χ4n) is 2.93. The van der Waals surface area contributed by atoms with E-state index < -0.39 is 0 Å². The molecule has 0 saturated heterocycles. The van der Waals surface area contributed by atoms with Crippen LogP contribution in [0.1, 0.15) is 22.5 Å². The lowest BCUT2D eigenvalue weighted by Gasteiger charge is -2.22. The Bertz CT molecular complexity index is 885. The second-order valence-corrected chi connectivity index (χ2v) is 6.57. The molecule has 5 heteroatoms. The Morgan fingerprint density at radius 2 is 1.81 bits per heavy atom. The van der Waals surface area contributed by atoms with Gasteiger partial charge in [-0.2, -0.15) is 0 Å². The van der Waals surface area contributed by atoms with Crippen LogP contribution in [0.5, 0.6) is 5.75 Å². The largest absolute Gasteiger partial charge is 0.484 e. The van der Waals surface area contributed by atoms with E-state index in [9.17, 15) is 9.18 Å². The summed E-state index contributed by atoms with van der Waals surface area (Å²) in [6.07, 6.45) is 1.56. The maximum atomic E-state index is 13.5. The topological polar surface area (TPSA) is 42.7 Å². The van der Waals surface area contributed by atoms with E-state index in [-0.39, 0.29) is 24.9 Å². The number of ether oxygens (including phenoxy) is 1. The molecule has 3 aromatic rings. The first-order valence-corrected chi connectivity index (χ1v) is 8.75. The van der Waals surface area contributed by atoms with E-state index >= 15 is 0 Å². The maximum absolute atomic E-state index is 13.5. The van der Waals surface area contributed by atoms with Crippen LogP contribution < -0.4 is 4.74 Å². The van der Waals surface area contributed by atoms with Crippen LogP contribution in [0.25, 0.3) is 0 Å². The van der Waals surface area contributed by atoms with Crippen LogP contribution in [-0.2, 0) is 17.9 Å². The van der Waals surface area contributed by atoms with E-state index in [4.69, 9.17) is 9.15 Å². The minimum Gasteiger partial charge on any atom is -0.484 e. The number of nitrogens with zero attached hydrogens (tertiary/aromatic N) is 1. The van der Waals surface area contributed by atoms with Crippen molar-refractivity contribution in [1.29, 1.82) is 0 Å². The maximum Gasteiger partial charge on any atom is 0.261 e. The van der Waals surface area contributed by atoms with Gasteiger partial charge in [-0.05, 0) is 66.9 Å². The van der Waals surface area contributed by atoms with Crippen molar-refractivity contribution in [2.75, 3.05) is 6.61 Å². The highest BCUT2D eigenvalue weighted by molar-refractivity contribution is 5.77. The minimum absolute atomic E-state index is 0.0983. The zero-order valence-electron chi connectivity index (χ0n) is 15.4. The number of amides is 1. The quantitative estimate of drug-likeness (QED) is 0.611. The average molecular weight is 367 g/mol. The van der Waals surface area contributed by atoms with Gasteiger partial charge in [0.1, 0.15) is 17.3 Å². The second kappa shape index (κ2) is 8.54. The molecule has 0 saturated carbocycles. The molecule has 1 aromatic heterocycles. The van der Waals surface area contributed by atoms with E-state index in [2.05, 4.69) is 0 Å². The van der Waals surface area contributed by atoms with Crippen molar-refractivity contribution in [3.8, 4) is 5.75 Å². The molecule has 27 heavy (non-hydrogen) atoms. The summed E-state index contributed by atoms with van der Waals surface area (Å²) in [5.41, 5.74) is 2.86. The number of hydrogen-bond acceptors (Lipinski definition) is 3. The molecular formula is C22H22FNO3. The molecule has 0 aliphatic carbocycles. The first-order chi connectivity index (χ1) is 13.0. The molecule has 0 radical (unpaired) electrons. The predicted octanol–water partition coefficient (Wildman–Crippen LogP) is 4.64. The number of benzene rings is 2. The van der Waals surface area contributed by atoms with Crippen LogP contribution in [0.15, 0.2) is 65.3 Å². The average Bonchev–Trinajstić information content (AvgIpc) is 3.11. The fraction of sp³-hybridized carbons (Fsp3) is 0.227. The lowest BCUT2D eigenvalue weighted by Crippen LogP contribution is -2.34. The Morgan fingerprint density at radius 1 is 1.04 bits per heavy atom. The smallest absolute Gasteiger partial charge is 0.261 e. The fourth-order valence-corrected chi connectivity index (χ4v) is 2.93. The van der Waals surface area contributed by atoms with Crippen LogP contribution in [-0.4, -0.2) is 17.4 Å². The number of furan rings is 1. The molecule has 0 atom stereocenters. The van der Waals surface area contributed by atoms with Crippen LogP contribution in [0.4, 0.5) is 4.39 Å². The minimum atomic E-state index is -0.329. The predicted molar refractivity (Wildman–Crippen MR) is 101 cm³/mol. The molecule has 0 aliphatic heterocycles. The molecule has 0 spiro atoms. The first-order valence-electron chi connectivity index (χ1n) is 8.75. The molecule has 0 fully saturated rings. The van der Waals surface area contributed by atoms with Crippen LogP contribution >= 0.6 is 0 Å². The first kappa shape index (κ1) is 18.7. The SMILES string of the molecule is Cc1cc(C)cc(OCC(=O)N(Cc2cccc(F)c2)Cc2ccco2)c1. The van der Waals surface area contributed by atoms with Gasteiger partial charge in [0.05, 0.1) is 12.8 Å². The Morgan fingerprint density at radius 3 is 2.48 bits per heavy atom. The van der Waals surface area contributed by atoms with Crippen molar-refractivity contribution >= 4 is 5.91 Å². The van der Waals surface area contributed by atoms with E-state index in [1.807, 2.05) is 32.0 Å². The lowest BCUT2D eigenvalue weighted by molar-refractivity contribution is -0.134. The van der Waals surface area contributed by atoms with E-state index in [1.165, 1.54) is 12.1 Å². The standard InChI is InChI=1S/C22H22FNO3/c1-16-9-17(2)11-21(10-16)27-15-22(25)24(14-20-7-4-8-26-20)13-18-5-3-6-19(23)12-18/h3-12H,13-15H2,1-2H3. The van der Waals surface area contributed by atoms with Gasteiger partial charge in [0.25, 0.3) is 5.91 Å². The molecule has 0 aliphatic rings. The van der Waals surface area contributed by atoms with E-state index in [1.54, 1.807) is 35.4 Å². The van der Waals surface area contributed by atoms with Crippen molar-refractivity contribution < 1.29 is 18.3 Å². The van der Waals surface area contributed by atoms with Crippen LogP contribution in [0.2, 0.25) is 0 Å². The Balaban J connectivity index is 1.71. The molecule has 4 nitrogen and oxygen atoms in total. The summed E-state index contributed by atoms with van der Waals surface area (Å²) in [7, 11) is 0. The molecule has 1 amide bonds. The summed E-state index contributed by atoms with van der Waals surface area (Å²) in [4.78, 5) is 14.4. The van der Waals surface area contributed by atoms with Gasteiger partial charge in [0.15, 0.2) is 6.61 Å². The number of aryl methyl sites for hydroxylation is 2. The zero-order valence-corrected chi connectivity index (χ0v) is 15.4. The normalized spacial score (nSPS) is 10.6. The molecule has 0 N–H and O–H groups in total. The highest BCUT2D eigenvalue weighted by Crippen LogP contribution is 2.17. The van der Waals surface area contributed by atoms with E-state index in [0.29, 0.717) is 23.6 Å². The zero-order chi connectivity index (χ0) is 19.2. The van der Waals surface area contributed by atoms with Crippen LogP contribution in [0, 0.1) is 19.7 Å². The van der Waals surface area contributed by atoms with Crippen molar-refractivity contribution in [2.24, 2.45) is 0 Å². The Kier molecular flexibility index (Phi) is 5.91. The van der Waals surface area contributed by atoms with Gasteiger partial charge in [-0.15, -0.1) is 0 Å². The molecule has 3 rings (SSSR count). The van der Waals surface area contributed by atoms with Gasteiger partial charge < -0.3 is 14.1 Å². The summed E-state index contributed by atoms with van der Waals surface area (Å²) < 4.78 is 24.6. The van der Waals surface area contributed by atoms with Gasteiger partial charge in [-0.3, -0.25) is 4.79 Å². The Hall–Kier alpha value is -3.08. The summed E-state index contributed by atoms with van der Waals surface area (Å²) in [5.74, 6) is 0.787. The van der Waals surface area contributed by atoms with Crippen molar-refractivity contribution in [2.45, 2.75) is 26.9 Å². The number of carbonyl (C=O) groups is 1. The molecule has 0 unspecified atom stereocenters. The summed E-state index contributed by atoms with van der Waals surface area (Å²) in [6.45, 7) is 4.43. The highest BCUT2D eigenvalue weighted by atomic mass is 19.1. The highest BCUT2D eigenvalue weighted by Gasteiger charge is 2.17. The van der Waals surface area contributed by atoms with Gasteiger partial charge in [0, 0.05) is 6.54 Å². The number of carbonyl (C=O) groups excluding carboxylic acids is 1. The van der Waals surface area contributed by atoms with Gasteiger partial charge >= 0.3 is 0 Å². The van der Waals surface area contributed by atoms with Gasteiger partial charge in [-0.25, -0.2) is 4.39 Å². The summed E-state index contributed by atoms with van der Waals surface area (Å²) in [5, 5.41) is 0. The van der Waals surface area contributed by atoms with Crippen LogP contribution in [0.3, 0.4) is 0 Å². The Labute approximate surface area is 158 Å². The molecule has 140 valence electrons. The third-order valence-corrected chi connectivity index (χ3v) is 4.10. The third kappa shape index (κ3) is 5.45. The summed E-state index contributed by atoms with van der Waals surface area (Å²) >= 11 is 0. The van der Waals surface area contributed by atoms with Crippen molar-refractivity contribution in [1.82, 2.24) is 4.90 Å². The van der Waals surface area contributed by atoms with Gasteiger partial charge in [0.2, 0.25) is 0 Å². The van der Waals surface area contributed by atoms with E-state index in [0.717, 1.165) is 11.1 Å². The number of rotatable bonds is 7. The molecule has 1 heterocycles. The third-order valence-electron chi connectivity index (χ3n) is 4.10. The van der Waals surface area contributed by atoms with Crippen molar-refractivity contribution in [3.05, 3.63) is 89.1 Å². The second-order valence-electron chi connectivity index (χ2n) is 6.57. The monoisotopic (exact) mass is 367 g/mol. The molecular weight excluding hydrogens is 345 g/mol. The van der Waals surface area contributed by atoms with Crippen molar-refractivity contribution in [3.63, 3.8) is 0 Å².